The number of nitrogens with zero attached hydrogens (tertiary/aromatic N) is 1. The Morgan fingerprint density at radius 3 is 2.88 bits per heavy atom. The van der Waals surface area contributed by atoms with Gasteiger partial charge in [0.1, 0.15) is 0 Å². The maximum atomic E-state index is 5.71. The smallest absolute Gasteiger partial charge is 0.180 e. The fourth-order valence-electron chi connectivity index (χ4n) is 1.56. The van der Waals surface area contributed by atoms with E-state index in [2.05, 4.69) is 18.8 Å². The molecule has 0 aromatic carbocycles. The Labute approximate surface area is 102 Å². The van der Waals surface area contributed by atoms with Gasteiger partial charge in [-0.2, -0.15) is 0 Å². The number of thiazole rings is 1. The summed E-state index contributed by atoms with van der Waals surface area (Å²) >= 11 is 1.47. The Hall–Kier alpha value is -0.610. The third-order valence-electron chi connectivity index (χ3n) is 2.55. The molecule has 0 amide bonds. The van der Waals surface area contributed by atoms with E-state index in [-0.39, 0.29) is 0 Å². The van der Waals surface area contributed by atoms with Gasteiger partial charge in [0, 0.05) is 5.38 Å². The van der Waals surface area contributed by atoms with Gasteiger partial charge in [0.2, 0.25) is 0 Å². The number of unbranched alkanes of at least 4 members (excludes halogenated alkanes) is 3. The Kier molecular flexibility index (Phi) is 6.42. The Bertz CT molecular complexity index is 288. The van der Waals surface area contributed by atoms with E-state index in [0.29, 0.717) is 17.8 Å². The van der Waals surface area contributed by atoms with Crippen LogP contribution in [0.15, 0.2) is 5.38 Å². The molecule has 3 nitrogen and oxygen atoms in total. The molecule has 1 aromatic heterocycles. The highest BCUT2D eigenvalue weighted by molar-refractivity contribution is 7.13. The van der Waals surface area contributed by atoms with Crippen molar-refractivity contribution in [3.63, 3.8) is 0 Å². The standard InChI is InChI=1S/C12H22N2OS/c1-3-4-5-6-7-10(2)15-8-11-9-16-12(13)14-11/h9-10H,3-8H2,1-2H3,(H2,13,14). The molecule has 0 saturated carbocycles. The molecular formula is C12H22N2OS. The summed E-state index contributed by atoms with van der Waals surface area (Å²) in [6.07, 6.45) is 6.64. The summed E-state index contributed by atoms with van der Waals surface area (Å²) < 4.78 is 5.71. The lowest BCUT2D eigenvalue weighted by atomic mass is 10.1. The predicted molar refractivity (Wildman–Crippen MR) is 69.5 cm³/mol. The second-order valence-corrected chi connectivity index (χ2v) is 5.04. The number of rotatable bonds is 8. The maximum absolute atomic E-state index is 5.71. The van der Waals surface area contributed by atoms with E-state index in [1.54, 1.807) is 0 Å². The van der Waals surface area contributed by atoms with Crippen LogP contribution in [0.4, 0.5) is 5.13 Å². The van der Waals surface area contributed by atoms with Crippen LogP contribution in [-0.2, 0) is 11.3 Å². The number of aromatic nitrogens is 1. The highest BCUT2D eigenvalue weighted by Gasteiger charge is 2.04. The summed E-state index contributed by atoms with van der Waals surface area (Å²) in [5, 5.41) is 2.58. The number of anilines is 1. The normalized spacial score (nSPS) is 12.9. The van der Waals surface area contributed by atoms with Crippen LogP contribution in [0, 0.1) is 0 Å². The first-order valence-corrected chi connectivity index (χ1v) is 6.91. The fourth-order valence-corrected chi connectivity index (χ4v) is 2.11. The average molecular weight is 242 g/mol. The number of nitrogens with two attached hydrogens (primary N) is 1. The molecule has 16 heavy (non-hydrogen) atoms. The van der Waals surface area contributed by atoms with Gasteiger partial charge in [0.05, 0.1) is 18.4 Å². The summed E-state index contributed by atoms with van der Waals surface area (Å²) in [6, 6.07) is 0. The van der Waals surface area contributed by atoms with Crippen LogP contribution in [0.2, 0.25) is 0 Å². The second-order valence-electron chi connectivity index (χ2n) is 4.15. The molecule has 1 heterocycles. The third-order valence-corrected chi connectivity index (χ3v) is 3.27. The van der Waals surface area contributed by atoms with Gasteiger partial charge in [-0.25, -0.2) is 4.98 Å². The molecule has 0 radical (unpaired) electrons. The largest absolute Gasteiger partial charge is 0.375 e. The summed E-state index contributed by atoms with van der Waals surface area (Å²) in [7, 11) is 0. The summed E-state index contributed by atoms with van der Waals surface area (Å²) in [4.78, 5) is 4.16. The van der Waals surface area contributed by atoms with Crippen LogP contribution in [0.3, 0.4) is 0 Å². The molecule has 1 atom stereocenters. The lowest BCUT2D eigenvalue weighted by Gasteiger charge is -2.11. The zero-order valence-electron chi connectivity index (χ0n) is 10.2. The van der Waals surface area contributed by atoms with Gasteiger partial charge >= 0.3 is 0 Å². The minimum Gasteiger partial charge on any atom is -0.375 e. The van der Waals surface area contributed by atoms with Gasteiger partial charge < -0.3 is 10.5 Å². The van der Waals surface area contributed by atoms with Crippen molar-refractivity contribution in [2.45, 2.75) is 58.7 Å². The van der Waals surface area contributed by atoms with Crippen LogP contribution in [0.25, 0.3) is 0 Å². The predicted octanol–water partition coefficient (Wildman–Crippen LogP) is 3.60. The third kappa shape index (κ3) is 5.47. The first kappa shape index (κ1) is 13.5. The van der Waals surface area contributed by atoms with Crippen molar-refractivity contribution < 1.29 is 4.74 Å². The highest BCUT2D eigenvalue weighted by atomic mass is 32.1. The molecule has 0 aliphatic carbocycles. The zero-order chi connectivity index (χ0) is 11.8. The van der Waals surface area contributed by atoms with Crippen molar-refractivity contribution in [2.24, 2.45) is 0 Å². The summed E-state index contributed by atoms with van der Waals surface area (Å²) in [5.41, 5.74) is 6.50. The van der Waals surface area contributed by atoms with Crippen molar-refractivity contribution >= 4 is 16.5 Å². The maximum Gasteiger partial charge on any atom is 0.180 e. The van der Waals surface area contributed by atoms with Crippen LogP contribution in [0.5, 0.6) is 0 Å². The molecule has 0 fully saturated rings. The number of hydrogen-bond donors (Lipinski definition) is 1. The molecular weight excluding hydrogens is 220 g/mol. The number of ether oxygens (including phenoxy) is 1. The van der Waals surface area contributed by atoms with Gasteiger partial charge in [-0.1, -0.05) is 32.6 Å². The van der Waals surface area contributed by atoms with Crippen LogP contribution in [0.1, 0.15) is 51.6 Å². The van der Waals surface area contributed by atoms with Crippen LogP contribution >= 0.6 is 11.3 Å². The lowest BCUT2D eigenvalue weighted by Crippen LogP contribution is -2.08. The molecule has 1 unspecified atom stereocenters. The minimum atomic E-state index is 0.319. The molecule has 1 rings (SSSR count). The topological polar surface area (TPSA) is 48.1 Å². The van der Waals surface area contributed by atoms with E-state index in [0.717, 1.165) is 12.1 Å². The van der Waals surface area contributed by atoms with Crippen molar-refractivity contribution in [1.82, 2.24) is 4.98 Å². The Morgan fingerprint density at radius 2 is 2.25 bits per heavy atom. The van der Waals surface area contributed by atoms with Gasteiger partial charge in [-0.05, 0) is 13.3 Å². The van der Waals surface area contributed by atoms with Crippen molar-refractivity contribution in [2.75, 3.05) is 5.73 Å². The minimum absolute atomic E-state index is 0.319. The van der Waals surface area contributed by atoms with Crippen molar-refractivity contribution in [1.29, 1.82) is 0 Å². The van der Waals surface area contributed by atoms with E-state index < -0.39 is 0 Å². The molecule has 0 aliphatic rings. The first-order chi connectivity index (χ1) is 7.72. The molecule has 0 bridgehead atoms. The van der Waals surface area contributed by atoms with Crippen LogP contribution in [-0.4, -0.2) is 11.1 Å². The lowest BCUT2D eigenvalue weighted by molar-refractivity contribution is 0.0443. The summed E-state index contributed by atoms with van der Waals surface area (Å²) in [5.74, 6) is 0. The summed E-state index contributed by atoms with van der Waals surface area (Å²) in [6.45, 7) is 4.94. The Balaban J connectivity index is 2.08. The molecule has 1 aromatic rings. The fraction of sp³-hybridized carbons (Fsp3) is 0.750. The van der Waals surface area contributed by atoms with Crippen molar-refractivity contribution in [3.05, 3.63) is 11.1 Å². The van der Waals surface area contributed by atoms with E-state index in [1.807, 2.05) is 5.38 Å². The van der Waals surface area contributed by atoms with E-state index in [4.69, 9.17) is 10.5 Å². The molecule has 4 heteroatoms. The van der Waals surface area contributed by atoms with E-state index in [1.165, 1.54) is 37.0 Å². The molecule has 0 saturated heterocycles. The average Bonchev–Trinajstić information content (AvgIpc) is 2.68. The molecule has 2 N–H and O–H groups in total. The van der Waals surface area contributed by atoms with E-state index >= 15 is 0 Å². The second kappa shape index (κ2) is 7.63. The first-order valence-electron chi connectivity index (χ1n) is 6.04. The molecule has 0 spiro atoms. The van der Waals surface area contributed by atoms with E-state index in [9.17, 15) is 0 Å². The van der Waals surface area contributed by atoms with Gasteiger partial charge in [0.15, 0.2) is 5.13 Å². The molecule has 92 valence electrons. The van der Waals surface area contributed by atoms with Gasteiger partial charge in [-0.3, -0.25) is 0 Å². The Morgan fingerprint density at radius 1 is 1.44 bits per heavy atom. The number of nitrogen functional groups attached to an aromatic ring is 1. The quantitative estimate of drug-likeness (QED) is 0.708. The monoisotopic (exact) mass is 242 g/mol. The zero-order valence-corrected chi connectivity index (χ0v) is 11.1. The van der Waals surface area contributed by atoms with Gasteiger partial charge in [0.25, 0.3) is 0 Å². The van der Waals surface area contributed by atoms with Crippen molar-refractivity contribution in [3.8, 4) is 0 Å². The van der Waals surface area contributed by atoms with Crippen LogP contribution < -0.4 is 5.73 Å². The molecule has 0 aliphatic heterocycles. The van der Waals surface area contributed by atoms with Gasteiger partial charge in [-0.15, -0.1) is 11.3 Å². The number of hydrogen-bond acceptors (Lipinski definition) is 4. The highest BCUT2D eigenvalue weighted by Crippen LogP contribution is 2.14. The SMILES string of the molecule is CCCCCCC(C)OCc1csc(N)n1.